The molecular weight excluding hydrogens is 328 g/mol. The number of aryl methyl sites for hydroxylation is 2. The molecule has 1 aliphatic rings. The molecule has 0 aliphatic carbocycles. The Morgan fingerprint density at radius 3 is 2.69 bits per heavy atom. The number of methoxy groups -OCH3 is 1. The Morgan fingerprint density at radius 1 is 1.19 bits per heavy atom. The first-order valence-corrected chi connectivity index (χ1v) is 8.89. The molecule has 2 atom stereocenters. The molecule has 3 heterocycles. The van der Waals surface area contributed by atoms with Crippen molar-refractivity contribution in [3.8, 4) is 11.3 Å². The Bertz CT molecular complexity index is 868. The van der Waals surface area contributed by atoms with Gasteiger partial charge in [0.25, 0.3) is 0 Å². The molecule has 1 aromatic carbocycles. The minimum Gasteiger partial charge on any atom is -0.380 e. The molecule has 2 N–H and O–H groups in total. The van der Waals surface area contributed by atoms with Crippen LogP contribution in [-0.2, 0) is 11.3 Å². The first-order valence-electron chi connectivity index (χ1n) is 8.89. The number of hydrogen-bond acceptors (Lipinski definition) is 5. The number of likely N-dealkylation sites (tertiary alicyclic amines) is 1. The number of ether oxygens (including phenoxy) is 1. The van der Waals surface area contributed by atoms with Crippen LogP contribution in [0.5, 0.6) is 0 Å². The van der Waals surface area contributed by atoms with E-state index in [1.165, 1.54) is 11.1 Å². The van der Waals surface area contributed by atoms with Crippen LogP contribution in [0.4, 0.5) is 0 Å². The third-order valence-corrected chi connectivity index (χ3v) is 5.04. The van der Waals surface area contributed by atoms with Gasteiger partial charge in [-0.3, -0.25) is 15.1 Å². The zero-order valence-corrected chi connectivity index (χ0v) is 15.4. The van der Waals surface area contributed by atoms with E-state index in [0.29, 0.717) is 0 Å². The van der Waals surface area contributed by atoms with Crippen molar-refractivity contribution in [1.29, 1.82) is 0 Å². The van der Waals surface area contributed by atoms with Gasteiger partial charge < -0.3 is 4.74 Å². The average Bonchev–Trinajstić information content (AvgIpc) is 3.36. The van der Waals surface area contributed by atoms with E-state index in [-0.39, 0.29) is 12.1 Å². The van der Waals surface area contributed by atoms with Crippen LogP contribution in [0.2, 0.25) is 0 Å². The van der Waals surface area contributed by atoms with Gasteiger partial charge in [-0.25, -0.2) is 4.98 Å². The quantitative estimate of drug-likeness (QED) is 0.738. The normalized spacial score (nSPS) is 20.7. The van der Waals surface area contributed by atoms with Crippen LogP contribution in [0.1, 0.15) is 35.2 Å². The summed E-state index contributed by atoms with van der Waals surface area (Å²) in [5.41, 5.74) is 4.63. The van der Waals surface area contributed by atoms with E-state index in [0.717, 1.165) is 42.4 Å². The van der Waals surface area contributed by atoms with Gasteiger partial charge in [0, 0.05) is 25.8 Å². The Kier molecular flexibility index (Phi) is 4.57. The van der Waals surface area contributed by atoms with E-state index < -0.39 is 0 Å². The molecule has 0 unspecified atom stereocenters. The monoisotopic (exact) mass is 352 g/mol. The number of nitrogens with one attached hydrogen (secondary N) is 2. The molecule has 7 nitrogen and oxygen atoms in total. The van der Waals surface area contributed by atoms with Gasteiger partial charge in [-0.05, 0) is 25.8 Å². The maximum absolute atomic E-state index is 5.62. The lowest BCUT2D eigenvalue weighted by atomic mass is 10.1. The number of H-pyrrole nitrogens is 2. The molecule has 26 heavy (non-hydrogen) atoms. The standard InChI is InChI=1S/C19H24N6O/c1-12-4-6-14(7-5-12)18-15(9-20-23-18)10-25-11-16(26-3)8-17(25)19-21-13(2)22-24-19/h4-7,9,16-17H,8,10-11H2,1-3H3,(H,20,23)(H,21,22,24)/t16-,17-/m0/s1. The summed E-state index contributed by atoms with van der Waals surface area (Å²) in [5.74, 6) is 1.67. The van der Waals surface area contributed by atoms with Crippen molar-refractivity contribution >= 4 is 0 Å². The third-order valence-electron chi connectivity index (χ3n) is 5.04. The van der Waals surface area contributed by atoms with Crippen molar-refractivity contribution in [3.05, 3.63) is 53.2 Å². The highest BCUT2D eigenvalue weighted by atomic mass is 16.5. The second kappa shape index (κ2) is 7.01. The number of nitrogens with zero attached hydrogens (tertiary/aromatic N) is 4. The van der Waals surface area contributed by atoms with Crippen LogP contribution in [0.25, 0.3) is 11.3 Å². The number of rotatable bonds is 5. The summed E-state index contributed by atoms with van der Waals surface area (Å²) < 4.78 is 5.62. The molecule has 0 bridgehead atoms. The molecule has 0 radical (unpaired) electrons. The maximum atomic E-state index is 5.62. The van der Waals surface area contributed by atoms with Gasteiger partial charge >= 0.3 is 0 Å². The van der Waals surface area contributed by atoms with Crippen molar-refractivity contribution in [2.24, 2.45) is 0 Å². The van der Waals surface area contributed by atoms with E-state index in [1.54, 1.807) is 7.11 Å². The largest absolute Gasteiger partial charge is 0.380 e. The first kappa shape index (κ1) is 16.9. The fraction of sp³-hybridized carbons (Fsp3) is 0.421. The Labute approximate surface area is 152 Å². The van der Waals surface area contributed by atoms with Crippen molar-refractivity contribution in [3.63, 3.8) is 0 Å². The van der Waals surface area contributed by atoms with Crippen LogP contribution >= 0.6 is 0 Å². The third kappa shape index (κ3) is 3.27. The second-order valence-electron chi connectivity index (χ2n) is 6.95. The van der Waals surface area contributed by atoms with Crippen LogP contribution in [0, 0.1) is 13.8 Å². The highest BCUT2D eigenvalue weighted by Crippen LogP contribution is 2.34. The van der Waals surface area contributed by atoms with Gasteiger partial charge in [0.05, 0.1) is 24.0 Å². The highest BCUT2D eigenvalue weighted by Gasteiger charge is 2.36. The second-order valence-corrected chi connectivity index (χ2v) is 6.95. The lowest BCUT2D eigenvalue weighted by Gasteiger charge is -2.21. The van der Waals surface area contributed by atoms with Gasteiger partial charge in [-0.1, -0.05) is 29.8 Å². The summed E-state index contributed by atoms with van der Waals surface area (Å²) in [6.45, 7) is 5.65. The number of aromatic nitrogens is 5. The van der Waals surface area contributed by atoms with Gasteiger partial charge in [0.1, 0.15) is 5.82 Å². The zero-order valence-electron chi connectivity index (χ0n) is 15.4. The molecule has 2 aromatic heterocycles. The molecule has 0 saturated carbocycles. The van der Waals surface area contributed by atoms with Crippen molar-refractivity contribution in [2.75, 3.05) is 13.7 Å². The van der Waals surface area contributed by atoms with Gasteiger partial charge in [-0.2, -0.15) is 10.2 Å². The number of aromatic amines is 2. The summed E-state index contributed by atoms with van der Waals surface area (Å²) >= 11 is 0. The zero-order chi connectivity index (χ0) is 18.1. The molecular formula is C19H24N6O. The summed E-state index contributed by atoms with van der Waals surface area (Å²) in [6.07, 6.45) is 3.00. The molecule has 7 heteroatoms. The van der Waals surface area contributed by atoms with Crippen molar-refractivity contribution in [1.82, 2.24) is 30.3 Å². The van der Waals surface area contributed by atoms with E-state index in [2.05, 4.69) is 61.5 Å². The van der Waals surface area contributed by atoms with Gasteiger partial charge in [-0.15, -0.1) is 0 Å². The van der Waals surface area contributed by atoms with E-state index in [1.807, 2.05) is 13.1 Å². The van der Waals surface area contributed by atoms with Crippen LogP contribution < -0.4 is 0 Å². The smallest absolute Gasteiger partial charge is 0.167 e. The predicted octanol–water partition coefficient (Wildman–Crippen LogP) is 2.77. The lowest BCUT2D eigenvalue weighted by Crippen LogP contribution is -2.25. The molecule has 4 rings (SSSR count). The van der Waals surface area contributed by atoms with Gasteiger partial charge in [0.15, 0.2) is 5.82 Å². The summed E-state index contributed by atoms with van der Waals surface area (Å²) in [6, 6.07) is 8.64. The van der Waals surface area contributed by atoms with E-state index in [4.69, 9.17) is 4.74 Å². The minimum atomic E-state index is 0.144. The Balaban J connectivity index is 1.59. The molecule has 1 aliphatic heterocycles. The summed E-state index contributed by atoms with van der Waals surface area (Å²) in [5, 5.41) is 14.8. The maximum Gasteiger partial charge on any atom is 0.167 e. The SMILES string of the molecule is CO[C@H]1C[C@@H](c2n[nH]c(C)n2)N(Cc2cn[nH]c2-c2ccc(C)cc2)C1. The number of hydrogen-bond donors (Lipinski definition) is 2. The van der Waals surface area contributed by atoms with Crippen molar-refractivity contribution in [2.45, 2.75) is 39.0 Å². The predicted molar refractivity (Wildman–Crippen MR) is 98.4 cm³/mol. The minimum absolute atomic E-state index is 0.144. The average molecular weight is 352 g/mol. The van der Waals surface area contributed by atoms with Crippen molar-refractivity contribution < 1.29 is 4.74 Å². The van der Waals surface area contributed by atoms with Gasteiger partial charge in [0.2, 0.25) is 0 Å². The van der Waals surface area contributed by atoms with Crippen LogP contribution in [0.15, 0.2) is 30.5 Å². The topological polar surface area (TPSA) is 82.7 Å². The van der Waals surface area contributed by atoms with Crippen LogP contribution in [-0.4, -0.2) is 50.0 Å². The molecule has 0 amide bonds. The Morgan fingerprint density at radius 2 is 2.00 bits per heavy atom. The molecule has 1 saturated heterocycles. The fourth-order valence-corrected chi connectivity index (χ4v) is 3.60. The molecule has 136 valence electrons. The number of benzene rings is 1. The van der Waals surface area contributed by atoms with E-state index >= 15 is 0 Å². The highest BCUT2D eigenvalue weighted by molar-refractivity contribution is 5.62. The molecule has 3 aromatic rings. The summed E-state index contributed by atoms with van der Waals surface area (Å²) in [4.78, 5) is 6.92. The Hall–Kier alpha value is -2.51. The molecule has 1 fully saturated rings. The van der Waals surface area contributed by atoms with Crippen LogP contribution in [0.3, 0.4) is 0 Å². The fourth-order valence-electron chi connectivity index (χ4n) is 3.60. The summed E-state index contributed by atoms with van der Waals surface area (Å²) in [7, 11) is 1.77. The van der Waals surface area contributed by atoms with E-state index in [9.17, 15) is 0 Å². The first-order chi connectivity index (χ1) is 12.6. The lowest BCUT2D eigenvalue weighted by molar-refractivity contribution is 0.107. The molecule has 0 spiro atoms.